The maximum Gasteiger partial charge on any atom is 0.409 e. The van der Waals surface area contributed by atoms with Crippen molar-refractivity contribution < 1.29 is 32.6 Å². The molecule has 3 aliphatic rings. The second kappa shape index (κ2) is 7.85. The van der Waals surface area contributed by atoms with Gasteiger partial charge in [-0.15, -0.1) is 0 Å². The molecule has 172 valence electrons. The quantitative estimate of drug-likeness (QED) is 0.468. The van der Waals surface area contributed by atoms with Gasteiger partial charge in [0, 0.05) is 32.4 Å². The number of nitrogens with zero attached hydrogens (tertiary/aromatic N) is 4. The van der Waals surface area contributed by atoms with Crippen molar-refractivity contribution in [3.8, 4) is 0 Å². The highest BCUT2D eigenvalue weighted by atomic mass is 32.2. The highest BCUT2D eigenvalue weighted by Gasteiger charge is 2.72. The minimum atomic E-state index is -4.24. The Morgan fingerprint density at radius 3 is 2.56 bits per heavy atom. The van der Waals surface area contributed by atoms with Gasteiger partial charge in [-0.25, -0.2) is 18.0 Å². The fraction of sp³-hybridized carbons (Fsp3) is 0.500. The lowest BCUT2D eigenvalue weighted by Crippen LogP contribution is -2.59. The molecule has 1 aromatic heterocycles. The second-order valence-corrected chi connectivity index (χ2v) is 10.8. The Morgan fingerprint density at radius 1 is 1.28 bits per heavy atom. The summed E-state index contributed by atoms with van der Waals surface area (Å²) in [4.78, 5) is 45.7. The number of carbonyl (C=O) groups is 3. The van der Waals surface area contributed by atoms with Gasteiger partial charge in [0.15, 0.2) is 21.3 Å². The van der Waals surface area contributed by atoms with E-state index in [1.165, 1.54) is 24.1 Å². The zero-order valence-electron chi connectivity index (χ0n) is 17.7. The Kier molecular flexibility index (Phi) is 5.45. The number of fused-ring (bicyclic) bond motifs is 1. The summed E-state index contributed by atoms with van der Waals surface area (Å²) in [6, 6.07) is 3.29. The van der Waals surface area contributed by atoms with Crippen molar-refractivity contribution in [2.45, 2.75) is 23.1 Å². The number of carboxylic acid groups (broad SMARTS) is 1. The van der Waals surface area contributed by atoms with E-state index in [4.69, 9.17) is 4.74 Å². The number of hydrogen-bond donors (Lipinski definition) is 1. The summed E-state index contributed by atoms with van der Waals surface area (Å²) in [6.45, 7) is 2.68. The maximum absolute atomic E-state index is 13.4. The van der Waals surface area contributed by atoms with Crippen LogP contribution in [0.15, 0.2) is 30.0 Å². The monoisotopic (exact) mass is 464 g/mol. The zero-order chi connectivity index (χ0) is 23.3. The smallest absolute Gasteiger partial charge is 0.409 e. The summed E-state index contributed by atoms with van der Waals surface area (Å²) in [7, 11) is -2.31. The number of likely N-dealkylation sites (N-methyl/N-ethyl adjacent to an activating group) is 1. The minimum Gasteiger partial charge on any atom is -0.480 e. The van der Waals surface area contributed by atoms with Gasteiger partial charge in [0.2, 0.25) is 0 Å². The summed E-state index contributed by atoms with van der Waals surface area (Å²) in [5.41, 5.74) is 0.330. The number of aliphatic carboxylic acids is 1. The highest BCUT2D eigenvalue weighted by molar-refractivity contribution is 7.94. The molecule has 32 heavy (non-hydrogen) atoms. The number of carbonyl (C=O) groups excluding carboxylic acids is 2. The number of hydrogen-bond acceptors (Lipinski definition) is 8. The number of carboxylic acids is 1. The van der Waals surface area contributed by atoms with Crippen LogP contribution in [-0.2, 0) is 24.2 Å². The van der Waals surface area contributed by atoms with Gasteiger partial charge in [-0.2, -0.15) is 0 Å². The molecule has 0 aromatic carbocycles. The lowest BCUT2D eigenvalue weighted by Gasteiger charge is -2.38. The molecular weight excluding hydrogens is 440 g/mol. The second-order valence-electron chi connectivity index (χ2n) is 8.36. The van der Waals surface area contributed by atoms with Crippen LogP contribution < -0.4 is 0 Å². The molecule has 11 nitrogen and oxygen atoms in total. The van der Waals surface area contributed by atoms with Crippen LogP contribution in [-0.4, -0.2) is 107 Å². The van der Waals surface area contributed by atoms with E-state index >= 15 is 0 Å². The van der Waals surface area contributed by atoms with Crippen LogP contribution in [0, 0.1) is 0 Å². The first-order valence-corrected chi connectivity index (χ1v) is 11.6. The average Bonchev–Trinajstić information content (AvgIpc) is 2.92. The molecule has 0 spiro atoms. The van der Waals surface area contributed by atoms with Gasteiger partial charge in [-0.1, -0.05) is 6.07 Å². The van der Waals surface area contributed by atoms with E-state index in [2.05, 4.69) is 4.98 Å². The Balaban J connectivity index is 1.60. The van der Waals surface area contributed by atoms with Crippen LogP contribution in [0.1, 0.15) is 12.6 Å². The molecule has 1 aromatic rings. The molecule has 3 saturated heterocycles. The number of β-lactam (4-membered cyclic amide) rings is 1. The van der Waals surface area contributed by atoms with E-state index in [-0.39, 0.29) is 5.57 Å². The third kappa shape index (κ3) is 3.34. The number of aromatic nitrogens is 1. The molecular formula is C20H24N4O7S. The predicted molar refractivity (Wildman–Crippen MR) is 112 cm³/mol. The Bertz CT molecular complexity index is 1080. The number of ether oxygens (including phenoxy) is 1. The van der Waals surface area contributed by atoms with Crippen LogP contribution in [0.25, 0.3) is 6.08 Å². The zero-order valence-corrected chi connectivity index (χ0v) is 18.5. The predicted octanol–water partition coefficient (Wildman–Crippen LogP) is -0.342. The third-order valence-electron chi connectivity index (χ3n) is 6.27. The van der Waals surface area contributed by atoms with Crippen molar-refractivity contribution >= 4 is 33.9 Å². The van der Waals surface area contributed by atoms with Crippen LogP contribution in [0.5, 0.6) is 0 Å². The summed E-state index contributed by atoms with van der Waals surface area (Å²) in [5.74, 6) is -2.16. The van der Waals surface area contributed by atoms with Crippen molar-refractivity contribution in [3.05, 3.63) is 35.7 Å². The lowest BCUT2D eigenvalue weighted by atomic mass is 9.94. The van der Waals surface area contributed by atoms with E-state index in [0.29, 0.717) is 31.9 Å². The average molecular weight is 465 g/mol. The van der Waals surface area contributed by atoms with Crippen LogP contribution in [0.2, 0.25) is 0 Å². The molecule has 3 fully saturated rings. The number of amides is 2. The molecule has 2 amide bonds. The third-order valence-corrected chi connectivity index (χ3v) is 8.98. The van der Waals surface area contributed by atoms with Crippen molar-refractivity contribution in [2.75, 3.05) is 39.8 Å². The van der Waals surface area contributed by atoms with E-state index in [1.54, 1.807) is 18.2 Å². The molecule has 1 N–H and O–H groups in total. The van der Waals surface area contributed by atoms with Crippen molar-refractivity contribution in [2.24, 2.45) is 0 Å². The highest BCUT2D eigenvalue weighted by Crippen LogP contribution is 2.49. The van der Waals surface area contributed by atoms with E-state index in [9.17, 15) is 27.9 Å². The Labute approximate surface area is 185 Å². The number of piperazine rings is 1. The van der Waals surface area contributed by atoms with Crippen LogP contribution in [0.4, 0.5) is 4.79 Å². The van der Waals surface area contributed by atoms with Gasteiger partial charge in [0.1, 0.15) is 11.4 Å². The normalized spacial score (nSPS) is 30.7. The summed E-state index contributed by atoms with van der Waals surface area (Å²) in [5, 5.41) is 8.37. The van der Waals surface area contributed by atoms with E-state index in [0.717, 1.165) is 4.90 Å². The van der Waals surface area contributed by atoms with Crippen molar-refractivity contribution in [3.63, 3.8) is 0 Å². The fourth-order valence-electron chi connectivity index (χ4n) is 4.30. The Morgan fingerprint density at radius 2 is 1.97 bits per heavy atom. The summed E-state index contributed by atoms with van der Waals surface area (Å²) in [6.07, 6.45) is 2.14. The molecule has 3 atom stereocenters. The van der Waals surface area contributed by atoms with Crippen molar-refractivity contribution in [1.82, 2.24) is 19.7 Å². The number of rotatable bonds is 4. The molecule has 0 radical (unpaired) electrons. The SMILES string of the molecule is CN1CCN(C(=O)OC[C@@]2(C)[C@H](C(=O)O)N3C(=O)/C(=C/c4ccccn4)[C@H]3S2(=O)=O)CC1. The van der Waals surface area contributed by atoms with Crippen LogP contribution in [0.3, 0.4) is 0 Å². The first kappa shape index (κ1) is 22.2. The summed E-state index contributed by atoms with van der Waals surface area (Å²) >= 11 is 0. The van der Waals surface area contributed by atoms with Gasteiger partial charge in [0.05, 0.1) is 11.3 Å². The van der Waals surface area contributed by atoms with Crippen molar-refractivity contribution in [1.29, 1.82) is 0 Å². The molecule has 0 unspecified atom stereocenters. The number of pyridine rings is 1. The largest absolute Gasteiger partial charge is 0.480 e. The van der Waals surface area contributed by atoms with Gasteiger partial charge in [0.25, 0.3) is 5.91 Å². The minimum absolute atomic E-state index is 0.0518. The van der Waals surface area contributed by atoms with E-state index in [1.807, 2.05) is 11.9 Å². The van der Waals surface area contributed by atoms with Gasteiger partial charge in [-0.05, 0) is 32.2 Å². The first-order valence-electron chi connectivity index (χ1n) is 10.1. The van der Waals surface area contributed by atoms with Gasteiger partial charge < -0.3 is 24.5 Å². The topological polar surface area (TPSA) is 137 Å². The molecule has 0 saturated carbocycles. The molecule has 0 aliphatic carbocycles. The Hall–Kier alpha value is -2.99. The fourth-order valence-corrected chi connectivity index (χ4v) is 6.58. The van der Waals surface area contributed by atoms with E-state index < -0.39 is 50.6 Å². The van der Waals surface area contributed by atoms with Gasteiger partial charge >= 0.3 is 12.1 Å². The molecule has 12 heteroatoms. The molecule has 4 heterocycles. The first-order chi connectivity index (χ1) is 15.1. The summed E-state index contributed by atoms with van der Waals surface area (Å²) < 4.78 is 30.2. The molecule has 3 aliphatic heterocycles. The molecule has 4 rings (SSSR count). The van der Waals surface area contributed by atoms with Crippen LogP contribution >= 0.6 is 0 Å². The maximum atomic E-state index is 13.4. The lowest BCUT2D eigenvalue weighted by molar-refractivity contribution is -0.153. The molecule has 0 bridgehead atoms. The standard InChI is InChI=1S/C20H24N4O7S/c1-20(12-31-19(28)23-9-7-22(2)8-10-23)15(18(26)27)24-16(25)14(17(24)32(20,29)30)11-13-5-3-4-6-21-13/h3-6,11,15,17H,7-10,12H2,1-2H3,(H,26,27)/b14-11-/t15-,17+,20-/m0/s1. The number of sulfone groups is 1. The van der Waals surface area contributed by atoms with Gasteiger partial charge in [-0.3, -0.25) is 9.78 Å².